The molecule has 1 fully saturated rings. The van der Waals surface area contributed by atoms with E-state index in [1.54, 1.807) is 66.7 Å². The van der Waals surface area contributed by atoms with Crippen molar-refractivity contribution in [1.82, 2.24) is 5.32 Å². The summed E-state index contributed by atoms with van der Waals surface area (Å²) in [7, 11) is 0. The maximum absolute atomic E-state index is 12.8. The highest BCUT2D eigenvalue weighted by Crippen LogP contribution is 2.25. The van der Waals surface area contributed by atoms with Crippen LogP contribution < -0.4 is 20.3 Å². The molecule has 2 N–H and O–H groups in total. The highest BCUT2D eigenvalue weighted by atomic mass is 16.5. The van der Waals surface area contributed by atoms with Crippen molar-refractivity contribution in [2.24, 2.45) is 0 Å². The molecule has 154 valence electrons. The van der Waals surface area contributed by atoms with Crippen molar-refractivity contribution in [1.29, 1.82) is 0 Å². The van der Waals surface area contributed by atoms with Crippen LogP contribution in [-0.2, 0) is 9.59 Å². The maximum atomic E-state index is 12.8. The summed E-state index contributed by atoms with van der Waals surface area (Å²) in [5.74, 6) is -0.361. The van der Waals surface area contributed by atoms with E-state index in [0.717, 1.165) is 4.90 Å². The molecule has 7 heteroatoms. The molecule has 31 heavy (non-hydrogen) atoms. The number of amides is 4. The van der Waals surface area contributed by atoms with Gasteiger partial charge in [-0.2, -0.15) is 0 Å². The molecule has 0 aliphatic carbocycles. The molecular formula is C24H19N3O4. The Morgan fingerprint density at radius 2 is 1.55 bits per heavy atom. The first-order valence-corrected chi connectivity index (χ1v) is 9.61. The van der Waals surface area contributed by atoms with Gasteiger partial charge in [-0.1, -0.05) is 54.6 Å². The van der Waals surface area contributed by atoms with Crippen LogP contribution in [0.15, 0.2) is 90.6 Å². The van der Waals surface area contributed by atoms with Gasteiger partial charge in [0, 0.05) is 11.3 Å². The molecule has 0 spiro atoms. The smallest absolute Gasteiger partial charge is 0.333 e. The lowest BCUT2D eigenvalue weighted by atomic mass is 10.1. The quantitative estimate of drug-likeness (QED) is 0.475. The third kappa shape index (κ3) is 4.62. The number of rotatable bonds is 6. The van der Waals surface area contributed by atoms with Gasteiger partial charge in [0.05, 0.1) is 5.69 Å². The van der Waals surface area contributed by atoms with Crippen molar-refractivity contribution in [2.45, 2.75) is 0 Å². The molecule has 0 radical (unpaired) electrons. The van der Waals surface area contributed by atoms with Crippen LogP contribution in [0.2, 0.25) is 0 Å². The Balaban J connectivity index is 1.48. The van der Waals surface area contributed by atoms with E-state index in [2.05, 4.69) is 10.6 Å². The summed E-state index contributed by atoms with van der Waals surface area (Å²) in [6.07, 6.45) is 1.54. The largest absolute Gasteiger partial charge is 0.483 e. The van der Waals surface area contributed by atoms with Crippen molar-refractivity contribution >= 4 is 35.3 Å². The van der Waals surface area contributed by atoms with E-state index >= 15 is 0 Å². The van der Waals surface area contributed by atoms with Crippen LogP contribution >= 0.6 is 0 Å². The van der Waals surface area contributed by atoms with Crippen molar-refractivity contribution in [3.8, 4) is 5.75 Å². The number of carbonyl (C=O) groups is 3. The van der Waals surface area contributed by atoms with Crippen molar-refractivity contribution in [2.75, 3.05) is 16.8 Å². The third-order valence-corrected chi connectivity index (χ3v) is 4.53. The first kappa shape index (κ1) is 19.9. The Hall–Kier alpha value is -4.39. The van der Waals surface area contributed by atoms with E-state index in [0.29, 0.717) is 22.7 Å². The minimum atomic E-state index is -0.525. The normalized spacial score (nSPS) is 14.5. The summed E-state index contributed by atoms with van der Waals surface area (Å²) in [4.78, 5) is 38.3. The molecule has 3 aromatic carbocycles. The van der Waals surface area contributed by atoms with Gasteiger partial charge in [-0.15, -0.1) is 0 Å². The molecule has 0 saturated carbocycles. The first-order chi connectivity index (χ1) is 15.1. The van der Waals surface area contributed by atoms with E-state index in [1.165, 1.54) is 6.08 Å². The summed E-state index contributed by atoms with van der Waals surface area (Å²) in [6.45, 7) is -0.203. The molecule has 3 aromatic rings. The topological polar surface area (TPSA) is 87.7 Å². The number of hydrogen-bond acceptors (Lipinski definition) is 4. The van der Waals surface area contributed by atoms with Gasteiger partial charge in [-0.3, -0.25) is 9.59 Å². The van der Waals surface area contributed by atoms with Gasteiger partial charge in [0.2, 0.25) is 0 Å². The molecule has 1 saturated heterocycles. The van der Waals surface area contributed by atoms with E-state index in [-0.39, 0.29) is 18.2 Å². The van der Waals surface area contributed by atoms with E-state index in [4.69, 9.17) is 4.74 Å². The fourth-order valence-electron chi connectivity index (χ4n) is 3.10. The molecule has 0 atom stereocenters. The summed E-state index contributed by atoms with van der Waals surface area (Å²) >= 11 is 0. The third-order valence-electron chi connectivity index (χ3n) is 4.53. The number of anilines is 2. The number of benzene rings is 3. The fraction of sp³-hybridized carbons (Fsp3) is 0.0417. The molecule has 1 heterocycles. The van der Waals surface area contributed by atoms with Gasteiger partial charge < -0.3 is 15.4 Å². The SMILES string of the molecule is O=C(COc1ccccc1/C=C1/NC(=O)N(c2ccccc2)C1=O)Nc1ccccc1. The molecule has 1 aliphatic heterocycles. The fourth-order valence-corrected chi connectivity index (χ4v) is 3.10. The van der Waals surface area contributed by atoms with Gasteiger partial charge >= 0.3 is 6.03 Å². The molecular weight excluding hydrogens is 394 g/mol. The monoisotopic (exact) mass is 413 g/mol. The highest BCUT2D eigenvalue weighted by Gasteiger charge is 2.34. The van der Waals surface area contributed by atoms with Gasteiger partial charge in [0.25, 0.3) is 11.8 Å². The van der Waals surface area contributed by atoms with Crippen LogP contribution in [0.4, 0.5) is 16.2 Å². The van der Waals surface area contributed by atoms with Gasteiger partial charge in [-0.25, -0.2) is 9.69 Å². The lowest BCUT2D eigenvalue weighted by molar-refractivity contribution is -0.118. The molecule has 0 unspecified atom stereocenters. The van der Waals surface area contributed by atoms with Crippen LogP contribution in [0.3, 0.4) is 0 Å². The van der Waals surface area contributed by atoms with E-state index < -0.39 is 11.9 Å². The number of nitrogens with zero attached hydrogens (tertiary/aromatic N) is 1. The van der Waals surface area contributed by atoms with Gasteiger partial charge in [-0.05, 0) is 36.4 Å². The Bertz CT molecular complexity index is 1140. The van der Waals surface area contributed by atoms with E-state index in [9.17, 15) is 14.4 Å². The van der Waals surface area contributed by atoms with Crippen LogP contribution in [0.25, 0.3) is 6.08 Å². The van der Waals surface area contributed by atoms with Gasteiger partial charge in [0.1, 0.15) is 11.4 Å². The number of carbonyl (C=O) groups excluding carboxylic acids is 3. The average molecular weight is 413 g/mol. The summed E-state index contributed by atoms with van der Waals surface area (Å²) in [6, 6.07) is 24.2. The molecule has 4 rings (SSSR count). The second-order valence-electron chi connectivity index (χ2n) is 6.70. The molecule has 4 amide bonds. The number of imide groups is 1. The Labute approximate surface area is 178 Å². The van der Waals surface area contributed by atoms with Gasteiger partial charge in [0.15, 0.2) is 6.61 Å². The Morgan fingerprint density at radius 3 is 2.29 bits per heavy atom. The van der Waals surface area contributed by atoms with E-state index in [1.807, 2.05) is 18.2 Å². The Morgan fingerprint density at radius 1 is 0.903 bits per heavy atom. The molecule has 0 aromatic heterocycles. The van der Waals surface area contributed by atoms with Crippen LogP contribution in [-0.4, -0.2) is 24.5 Å². The van der Waals surface area contributed by atoms with Crippen LogP contribution in [0.1, 0.15) is 5.56 Å². The summed E-state index contributed by atoms with van der Waals surface area (Å²) in [5, 5.41) is 5.33. The first-order valence-electron chi connectivity index (χ1n) is 9.61. The summed E-state index contributed by atoms with van der Waals surface area (Å²) in [5.41, 5.74) is 1.84. The standard InChI is InChI=1S/C24H19N3O4/c28-22(25-18-10-3-1-4-11-18)16-31-21-14-8-7-9-17(21)15-20-23(29)27(24(30)26-20)19-12-5-2-6-13-19/h1-15H,16H2,(H,25,28)(H,26,30)/b20-15+. The zero-order valence-electron chi connectivity index (χ0n) is 16.4. The van der Waals surface area contributed by atoms with Crippen molar-refractivity contribution < 1.29 is 19.1 Å². The second-order valence-corrected chi connectivity index (χ2v) is 6.70. The van der Waals surface area contributed by atoms with Crippen LogP contribution in [0, 0.1) is 0 Å². The molecule has 0 bridgehead atoms. The number of ether oxygens (including phenoxy) is 1. The number of para-hydroxylation sites is 3. The summed E-state index contributed by atoms with van der Waals surface area (Å²) < 4.78 is 5.66. The zero-order chi connectivity index (χ0) is 21.6. The predicted molar refractivity (Wildman–Crippen MR) is 117 cm³/mol. The number of hydrogen-bond donors (Lipinski definition) is 2. The lowest BCUT2D eigenvalue weighted by Gasteiger charge is -2.11. The Kier molecular flexibility index (Phi) is 5.75. The maximum Gasteiger partial charge on any atom is 0.333 e. The number of nitrogens with one attached hydrogen (secondary N) is 2. The zero-order valence-corrected chi connectivity index (χ0v) is 16.4. The van der Waals surface area contributed by atoms with Crippen molar-refractivity contribution in [3.63, 3.8) is 0 Å². The second kappa shape index (κ2) is 8.96. The lowest BCUT2D eigenvalue weighted by Crippen LogP contribution is -2.30. The minimum absolute atomic E-state index is 0.124. The molecule has 7 nitrogen and oxygen atoms in total. The minimum Gasteiger partial charge on any atom is -0.483 e. The highest BCUT2D eigenvalue weighted by molar-refractivity contribution is 6.28. The predicted octanol–water partition coefficient (Wildman–Crippen LogP) is 3.80. The van der Waals surface area contributed by atoms with Crippen molar-refractivity contribution in [3.05, 3.63) is 96.2 Å². The average Bonchev–Trinajstić information content (AvgIpc) is 3.07. The van der Waals surface area contributed by atoms with Crippen LogP contribution in [0.5, 0.6) is 5.75 Å². The molecule has 1 aliphatic rings. The number of urea groups is 1.